The topological polar surface area (TPSA) is 50.4 Å². The first-order valence-corrected chi connectivity index (χ1v) is 9.72. The fourth-order valence-corrected chi connectivity index (χ4v) is 4.34. The Kier molecular flexibility index (Phi) is 5.32. The van der Waals surface area contributed by atoms with Crippen LogP contribution in [0.4, 0.5) is 9.18 Å². The van der Waals surface area contributed by atoms with Gasteiger partial charge in [-0.25, -0.2) is 9.18 Å². The molecule has 2 bridgehead atoms. The first-order chi connectivity index (χ1) is 13.1. The van der Waals surface area contributed by atoms with Gasteiger partial charge in [0.25, 0.3) is 0 Å². The third-order valence-corrected chi connectivity index (χ3v) is 5.72. The first-order valence-electron chi connectivity index (χ1n) is 9.34. The van der Waals surface area contributed by atoms with Crippen molar-refractivity contribution in [2.45, 2.75) is 37.8 Å². The minimum absolute atomic E-state index is 0.0345. The second-order valence-electron chi connectivity index (χ2n) is 7.37. The molecule has 2 aromatic carbocycles. The summed E-state index contributed by atoms with van der Waals surface area (Å²) in [5.41, 5.74) is 1.38. The molecule has 0 spiro atoms. The van der Waals surface area contributed by atoms with Crippen LogP contribution in [0.1, 0.15) is 25.7 Å². The number of hydrogen-bond donors (Lipinski definition) is 2. The molecule has 0 aromatic heterocycles. The predicted octanol–water partition coefficient (Wildman–Crippen LogP) is 4.77. The SMILES string of the molecule is O=C(NCC1CC2CCC(C1)N2)Oc1ccccc1-c1ccc(F)c(Cl)c1. The summed E-state index contributed by atoms with van der Waals surface area (Å²) < 4.78 is 19.0. The molecule has 0 radical (unpaired) electrons. The van der Waals surface area contributed by atoms with Crippen molar-refractivity contribution in [1.29, 1.82) is 0 Å². The summed E-state index contributed by atoms with van der Waals surface area (Å²) in [7, 11) is 0. The van der Waals surface area contributed by atoms with Gasteiger partial charge in [-0.3, -0.25) is 0 Å². The summed E-state index contributed by atoms with van der Waals surface area (Å²) >= 11 is 5.89. The molecule has 2 N–H and O–H groups in total. The maximum Gasteiger partial charge on any atom is 0.412 e. The minimum Gasteiger partial charge on any atom is -0.410 e. The Bertz CT molecular complexity index is 833. The van der Waals surface area contributed by atoms with E-state index in [1.807, 2.05) is 12.1 Å². The minimum atomic E-state index is -0.479. The van der Waals surface area contributed by atoms with E-state index >= 15 is 0 Å². The molecule has 2 aliphatic rings. The van der Waals surface area contributed by atoms with Crippen molar-refractivity contribution >= 4 is 17.7 Å². The molecule has 27 heavy (non-hydrogen) atoms. The van der Waals surface area contributed by atoms with E-state index in [1.165, 1.54) is 25.0 Å². The molecule has 2 aromatic rings. The van der Waals surface area contributed by atoms with Gasteiger partial charge in [-0.2, -0.15) is 0 Å². The number of halogens is 2. The maximum absolute atomic E-state index is 13.4. The van der Waals surface area contributed by atoms with Crippen LogP contribution >= 0.6 is 11.6 Å². The summed E-state index contributed by atoms with van der Waals surface area (Å²) in [6.45, 7) is 0.623. The van der Waals surface area contributed by atoms with E-state index in [0.29, 0.717) is 41.4 Å². The van der Waals surface area contributed by atoms with Gasteiger partial charge in [0, 0.05) is 24.2 Å². The molecule has 0 aliphatic carbocycles. The second kappa shape index (κ2) is 7.87. The number of rotatable bonds is 4. The molecule has 4 nitrogen and oxygen atoms in total. The number of carbonyl (C=O) groups excluding carboxylic acids is 1. The Balaban J connectivity index is 1.40. The first kappa shape index (κ1) is 18.3. The average Bonchev–Trinajstić information content (AvgIpc) is 3.01. The number of nitrogens with one attached hydrogen (secondary N) is 2. The molecule has 2 atom stereocenters. The van der Waals surface area contributed by atoms with E-state index in [1.54, 1.807) is 18.2 Å². The van der Waals surface area contributed by atoms with Crippen molar-refractivity contribution in [3.05, 3.63) is 53.3 Å². The number of para-hydroxylation sites is 1. The van der Waals surface area contributed by atoms with E-state index in [2.05, 4.69) is 10.6 Å². The number of ether oxygens (including phenoxy) is 1. The summed E-state index contributed by atoms with van der Waals surface area (Å²) in [5, 5.41) is 6.53. The number of hydrogen-bond acceptors (Lipinski definition) is 3. The van der Waals surface area contributed by atoms with Gasteiger partial charge in [-0.1, -0.05) is 35.9 Å². The highest BCUT2D eigenvalue weighted by Crippen LogP contribution is 2.33. The zero-order chi connectivity index (χ0) is 18.8. The molecule has 1 amide bonds. The fourth-order valence-electron chi connectivity index (χ4n) is 4.16. The highest BCUT2D eigenvalue weighted by atomic mass is 35.5. The van der Waals surface area contributed by atoms with Gasteiger partial charge >= 0.3 is 6.09 Å². The molecule has 2 aliphatic heterocycles. The van der Waals surface area contributed by atoms with Gasteiger partial charge in [0.1, 0.15) is 11.6 Å². The van der Waals surface area contributed by atoms with E-state index < -0.39 is 11.9 Å². The van der Waals surface area contributed by atoms with Crippen molar-refractivity contribution < 1.29 is 13.9 Å². The van der Waals surface area contributed by atoms with Crippen LogP contribution in [0.2, 0.25) is 5.02 Å². The zero-order valence-electron chi connectivity index (χ0n) is 14.9. The molecular weight excluding hydrogens is 367 g/mol. The lowest BCUT2D eigenvalue weighted by molar-refractivity contribution is 0.195. The number of benzene rings is 2. The summed E-state index contributed by atoms with van der Waals surface area (Å²) in [6.07, 6.45) is 4.20. The third kappa shape index (κ3) is 4.25. The van der Waals surface area contributed by atoms with Crippen LogP contribution in [-0.4, -0.2) is 24.7 Å². The third-order valence-electron chi connectivity index (χ3n) is 5.43. The van der Waals surface area contributed by atoms with Crippen LogP contribution in [0.15, 0.2) is 42.5 Å². The molecule has 4 rings (SSSR count). The zero-order valence-corrected chi connectivity index (χ0v) is 15.6. The number of carbonyl (C=O) groups is 1. The van der Waals surface area contributed by atoms with Gasteiger partial charge in [-0.15, -0.1) is 0 Å². The molecule has 6 heteroatoms. The van der Waals surface area contributed by atoms with Crippen molar-refractivity contribution in [1.82, 2.24) is 10.6 Å². The monoisotopic (exact) mass is 388 g/mol. The van der Waals surface area contributed by atoms with Crippen molar-refractivity contribution in [2.24, 2.45) is 5.92 Å². The van der Waals surface area contributed by atoms with Gasteiger partial charge in [-0.05, 0) is 55.4 Å². The van der Waals surface area contributed by atoms with Gasteiger partial charge < -0.3 is 15.4 Å². The average molecular weight is 389 g/mol. The van der Waals surface area contributed by atoms with Crippen LogP contribution < -0.4 is 15.4 Å². The molecular formula is C21H22ClFN2O2. The lowest BCUT2D eigenvalue weighted by Gasteiger charge is -2.29. The standard InChI is InChI=1S/C21H22ClFN2O2/c22-18-11-14(5-8-19(18)23)17-3-1-2-4-20(17)27-21(26)24-12-13-9-15-6-7-16(10-13)25-15/h1-5,8,11,13,15-16,25H,6-7,9-10,12H2,(H,24,26). The van der Waals surface area contributed by atoms with Crippen molar-refractivity contribution in [2.75, 3.05) is 6.54 Å². The van der Waals surface area contributed by atoms with E-state index in [9.17, 15) is 9.18 Å². The number of fused-ring (bicyclic) bond motifs is 2. The largest absolute Gasteiger partial charge is 0.412 e. The molecule has 2 saturated heterocycles. The molecule has 142 valence electrons. The van der Waals surface area contributed by atoms with E-state index in [0.717, 1.165) is 12.8 Å². The molecule has 2 unspecified atom stereocenters. The lowest BCUT2D eigenvalue weighted by atomic mass is 9.92. The summed E-state index contributed by atoms with van der Waals surface area (Å²) in [6, 6.07) is 12.8. The highest BCUT2D eigenvalue weighted by molar-refractivity contribution is 6.31. The second-order valence-corrected chi connectivity index (χ2v) is 7.78. The molecule has 0 saturated carbocycles. The number of amides is 1. The molecule has 2 fully saturated rings. The Morgan fingerprint density at radius 2 is 1.93 bits per heavy atom. The Labute approximate surface area is 163 Å². The summed E-state index contributed by atoms with van der Waals surface area (Å²) in [4.78, 5) is 12.3. The quantitative estimate of drug-likeness (QED) is 0.793. The van der Waals surface area contributed by atoms with E-state index in [4.69, 9.17) is 16.3 Å². The number of piperidine rings is 1. The predicted molar refractivity (Wildman–Crippen MR) is 104 cm³/mol. The Hall–Kier alpha value is -2.11. The molecule has 2 heterocycles. The normalized spacial score (nSPS) is 23.9. The van der Waals surface area contributed by atoms with Gasteiger partial charge in [0.05, 0.1) is 5.02 Å². The van der Waals surface area contributed by atoms with Crippen molar-refractivity contribution in [3.63, 3.8) is 0 Å². The van der Waals surface area contributed by atoms with Crippen LogP contribution in [0.5, 0.6) is 5.75 Å². The van der Waals surface area contributed by atoms with Crippen LogP contribution in [0.25, 0.3) is 11.1 Å². The highest BCUT2D eigenvalue weighted by Gasteiger charge is 2.33. The summed E-state index contributed by atoms with van der Waals surface area (Å²) in [5.74, 6) is 0.429. The van der Waals surface area contributed by atoms with Crippen LogP contribution in [0, 0.1) is 11.7 Å². The Morgan fingerprint density at radius 3 is 2.67 bits per heavy atom. The van der Waals surface area contributed by atoms with Crippen LogP contribution in [-0.2, 0) is 0 Å². The lowest BCUT2D eigenvalue weighted by Crippen LogP contribution is -2.42. The smallest absolute Gasteiger partial charge is 0.410 e. The maximum atomic E-state index is 13.4. The van der Waals surface area contributed by atoms with Gasteiger partial charge in [0.15, 0.2) is 0 Å². The Morgan fingerprint density at radius 1 is 1.19 bits per heavy atom. The van der Waals surface area contributed by atoms with Crippen LogP contribution in [0.3, 0.4) is 0 Å². The van der Waals surface area contributed by atoms with Gasteiger partial charge in [0.2, 0.25) is 0 Å². The fraction of sp³-hybridized carbons (Fsp3) is 0.381. The van der Waals surface area contributed by atoms with Crippen molar-refractivity contribution in [3.8, 4) is 16.9 Å². The van der Waals surface area contributed by atoms with E-state index in [-0.39, 0.29) is 5.02 Å².